The zero-order valence-electron chi connectivity index (χ0n) is 11.8. The Morgan fingerprint density at radius 1 is 1.30 bits per heavy atom. The van der Waals surface area contributed by atoms with Crippen LogP contribution >= 0.6 is 35.3 Å². The number of para-hydroxylation sites is 1. The van der Waals surface area contributed by atoms with Gasteiger partial charge in [0.1, 0.15) is 4.32 Å². The van der Waals surface area contributed by atoms with Crippen molar-refractivity contribution in [3.63, 3.8) is 0 Å². The summed E-state index contributed by atoms with van der Waals surface area (Å²) in [6.45, 7) is 0. The van der Waals surface area contributed by atoms with Crippen LogP contribution in [0, 0.1) is 0 Å². The van der Waals surface area contributed by atoms with Crippen LogP contribution < -0.4 is 5.32 Å². The number of benzene rings is 1. The predicted molar refractivity (Wildman–Crippen MR) is 94.4 cm³/mol. The van der Waals surface area contributed by atoms with Crippen molar-refractivity contribution in [2.24, 2.45) is 0 Å². The van der Waals surface area contributed by atoms with Gasteiger partial charge in [-0.15, -0.1) is 0 Å². The molecule has 0 atom stereocenters. The Bertz CT molecular complexity index is 769. The molecule has 1 aromatic heterocycles. The first-order valence-electron chi connectivity index (χ1n) is 6.72. The Morgan fingerprint density at radius 3 is 2.70 bits per heavy atom. The summed E-state index contributed by atoms with van der Waals surface area (Å²) in [4.78, 5) is 40.4. The van der Waals surface area contributed by atoms with Gasteiger partial charge in [-0.25, -0.2) is 9.88 Å². The van der Waals surface area contributed by atoms with Crippen molar-refractivity contribution in [1.82, 2.24) is 9.88 Å². The van der Waals surface area contributed by atoms with Crippen molar-refractivity contribution in [1.29, 1.82) is 0 Å². The highest BCUT2D eigenvalue weighted by molar-refractivity contribution is 8.23. The fraction of sp³-hybridized carbons (Fsp3) is 0.214. The third-order valence-corrected chi connectivity index (χ3v) is 5.43. The van der Waals surface area contributed by atoms with E-state index in [0.717, 1.165) is 26.9 Å². The summed E-state index contributed by atoms with van der Waals surface area (Å²) in [5.74, 6) is -0.875. The van der Waals surface area contributed by atoms with E-state index in [2.05, 4.69) is 10.3 Å². The lowest BCUT2D eigenvalue weighted by Crippen LogP contribution is -2.33. The Morgan fingerprint density at radius 2 is 2.00 bits per heavy atom. The Kier molecular flexibility index (Phi) is 4.69. The van der Waals surface area contributed by atoms with E-state index in [1.807, 2.05) is 24.3 Å². The molecule has 1 fully saturated rings. The van der Waals surface area contributed by atoms with E-state index in [0.29, 0.717) is 5.13 Å². The number of nitrogens with zero attached hydrogens (tertiary/aromatic N) is 2. The maximum absolute atomic E-state index is 12.0. The monoisotopic (exact) mass is 365 g/mol. The fourth-order valence-corrected chi connectivity index (χ4v) is 3.97. The SMILES string of the molecule is O=C(CSC(=S)N1C(=O)CCC1=O)Nc1nc2ccccc2s1. The topological polar surface area (TPSA) is 79.4 Å². The molecule has 1 saturated heterocycles. The number of thiazole rings is 1. The van der Waals surface area contributed by atoms with E-state index in [1.165, 1.54) is 11.3 Å². The molecule has 0 unspecified atom stereocenters. The van der Waals surface area contributed by atoms with Gasteiger partial charge in [-0.2, -0.15) is 0 Å². The molecule has 2 aromatic rings. The summed E-state index contributed by atoms with van der Waals surface area (Å²) < 4.78 is 1.11. The lowest BCUT2D eigenvalue weighted by atomic mass is 10.3. The molecule has 0 radical (unpaired) electrons. The molecule has 6 nitrogen and oxygen atoms in total. The molecule has 0 saturated carbocycles. The molecule has 9 heteroatoms. The first-order valence-corrected chi connectivity index (χ1v) is 8.93. The van der Waals surface area contributed by atoms with Gasteiger partial charge in [0.15, 0.2) is 5.13 Å². The number of thioether (sulfide) groups is 1. The van der Waals surface area contributed by atoms with Crippen LogP contribution in [0.3, 0.4) is 0 Å². The van der Waals surface area contributed by atoms with Crippen molar-refractivity contribution in [3.05, 3.63) is 24.3 Å². The number of hydrogen-bond donors (Lipinski definition) is 1. The maximum atomic E-state index is 12.0. The van der Waals surface area contributed by atoms with E-state index < -0.39 is 0 Å². The van der Waals surface area contributed by atoms with E-state index in [-0.39, 0.29) is 40.6 Å². The number of likely N-dealkylation sites (tertiary alicyclic amines) is 1. The van der Waals surface area contributed by atoms with Crippen LogP contribution in [0.25, 0.3) is 10.2 Å². The van der Waals surface area contributed by atoms with Crippen molar-refractivity contribution >= 4 is 72.7 Å². The van der Waals surface area contributed by atoms with E-state index >= 15 is 0 Å². The molecule has 3 rings (SSSR count). The summed E-state index contributed by atoms with van der Waals surface area (Å²) in [6, 6.07) is 7.59. The number of anilines is 1. The van der Waals surface area contributed by atoms with Crippen molar-refractivity contribution in [2.75, 3.05) is 11.1 Å². The first-order chi connectivity index (χ1) is 11.0. The van der Waals surface area contributed by atoms with Crippen LogP contribution in [0.4, 0.5) is 5.13 Å². The second-order valence-electron chi connectivity index (χ2n) is 4.71. The van der Waals surface area contributed by atoms with Crippen LogP contribution in [0.1, 0.15) is 12.8 Å². The Balaban J connectivity index is 1.56. The van der Waals surface area contributed by atoms with Gasteiger partial charge in [0.25, 0.3) is 0 Å². The van der Waals surface area contributed by atoms with Crippen LogP contribution in [0.5, 0.6) is 0 Å². The quantitative estimate of drug-likeness (QED) is 0.665. The molecule has 0 bridgehead atoms. The second-order valence-corrected chi connectivity index (χ2v) is 7.35. The van der Waals surface area contributed by atoms with Gasteiger partial charge in [0.05, 0.1) is 16.0 Å². The number of fused-ring (bicyclic) bond motifs is 1. The Labute approximate surface area is 145 Å². The van der Waals surface area contributed by atoms with E-state index in [1.54, 1.807) is 0 Å². The smallest absolute Gasteiger partial charge is 0.236 e. The molecule has 2 heterocycles. The fourth-order valence-electron chi connectivity index (χ4n) is 2.05. The third kappa shape index (κ3) is 3.57. The molecule has 0 spiro atoms. The lowest BCUT2D eigenvalue weighted by Gasteiger charge is -2.13. The standard InChI is InChI=1S/C14H11N3O3S3/c18-10(7-22-14(21)17-11(19)5-6-12(17)20)16-13-15-8-3-1-2-4-9(8)23-13/h1-4H,5-7H2,(H,15,16,18). The zero-order valence-corrected chi connectivity index (χ0v) is 14.2. The molecular formula is C14H11N3O3S3. The molecule has 3 amide bonds. The van der Waals surface area contributed by atoms with Gasteiger partial charge >= 0.3 is 0 Å². The van der Waals surface area contributed by atoms with Crippen LogP contribution in [0.2, 0.25) is 0 Å². The second kappa shape index (κ2) is 6.73. The number of rotatable bonds is 3. The van der Waals surface area contributed by atoms with Crippen LogP contribution in [-0.4, -0.2) is 37.7 Å². The normalized spacial score (nSPS) is 14.5. The lowest BCUT2D eigenvalue weighted by molar-refractivity contribution is -0.133. The molecular weight excluding hydrogens is 354 g/mol. The average molecular weight is 365 g/mol. The Hall–Kier alpha value is -1.84. The van der Waals surface area contributed by atoms with Crippen molar-refractivity contribution < 1.29 is 14.4 Å². The molecule has 1 aromatic carbocycles. The van der Waals surface area contributed by atoms with Gasteiger partial charge in [-0.05, 0) is 12.1 Å². The largest absolute Gasteiger partial charge is 0.301 e. The van der Waals surface area contributed by atoms with Crippen molar-refractivity contribution in [3.8, 4) is 0 Å². The maximum Gasteiger partial charge on any atom is 0.236 e. The van der Waals surface area contributed by atoms with Gasteiger partial charge in [0, 0.05) is 12.8 Å². The van der Waals surface area contributed by atoms with E-state index in [4.69, 9.17) is 12.2 Å². The predicted octanol–water partition coefficient (Wildman–Crippen LogP) is 2.40. The number of aromatic nitrogens is 1. The minimum Gasteiger partial charge on any atom is -0.301 e. The highest BCUT2D eigenvalue weighted by Crippen LogP contribution is 2.25. The number of hydrogen-bond acceptors (Lipinski definition) is 7. The third-order valence-electron chi connectivity index (χ3n) is 3.10. The molecule has 1 aliphatic rings. The summed E-state index contributed by atoms with van der Waals surface area (Å²) in [5.41, 5.74) is 0.823. The average Bonchev–Trinajstić information content (AvgIpc) is 3.07. The number of carbonyl (C=O) groups is 3. The van der Waals surface area contributed by atoms with E-state index in [9.17, 15) is 14.4 Å². The highest BCUT2D eigenvalue weighted by atomic mass is 32.2. The van der Waals surface area contributed by atoms with Crippen LogP contribution in [0.15, 0.2) is 24.3 Å². The number of thiocarbonyl (C=S) groups is 1. The highest BCUT2D eigenvalue weighted by Gasteiger charge is 2.32. The van der Waals surface area contributed by atoms with Gasteiger partial charge in [0.2, 0.25) is 17.7 Å². The molecule has 23 heavy (non-hydrogen) atoms. The molecule has 1 aliphatic heterocycles. The molecule has 1 N–H and O–H groups in total. The minimum atomic E-state index is -0.306. The zero-order chi connectivity index (χ0) is 16.4. The van der Waals surface area contributed by atoms with Gasteiger partial charge in [-0.1, -0.05) is 47.4 Å². The number of amides is 3. The summed E-state index contributed by atoms with van der Waals surface area (Å²) in [5, 5.41) is 3.21. The summed E-state index contributed by atoms with van der Waals surface area (Å²) >= 11 is 7.44. The summed E-state index contributed by atoms with van der Waals surface area (Å²) in [7, 11) is 0. The minimum absolute atomic E-state index is 0.0197. The van der Waals surface area contributed by atoms with Gasteiger partial charge in [-0.3, -0.25) is 14.4 Å². The van der Waals surface area contributed by atoms with Crippen molar-refractivity contribution in [2.45, 2.75) is 12.8 Å². The summed E-state index contributed by atoms with van der Waals surface area (Å²) in [6.07, 6.45) is 0.356. The number of carbonyl (C=O) groups excluding carboxylic acids is 3. The van der Waals surface area contributed by atoms with Crippen LogP contribution in [-0.2, 0) is 14.4 Å². The molecule has 0 aliphatic carbocycles. The first kappa shape index (κ1) is 16.0. The molecule has 118 valence electrons. The number of imide groups is 1. The van der Waals surface area contributed by atoms with Gasteiger partial charge < -0.3 is 5.32 Å². The number of nitrogens with one attached hydrogen (secondary N) is 1.